The molecule has 0 aliphatic rings. The van der Waals surface area contributed by atoms with Crippen molar-refractivity contribution in [3.05, 3.63) is 11.9 Å². The standard InChI is InChI=1S/C8H13N3O2/c1-3-6(2)11-5-7(9-10-11)4-8(12)13/h5-6H,3-4H2,1-2H3,(H,12,13). The van der Waals surface area contributed by atoms with Gasteiger partial charge >= 0.3 is 5.97 Å². The van der Waals surface area contributed by atoms with Gasteiger partial charge in [0.2, 0.25) is 0 Å². The van der Waals surface area contributed by atoms with Crippen LogP contribution in [0.5, 0.6) is 0 Å². The molecule has 0 aromatic carbocycles. The van der Waals surface area contributed by atoms with Crippen LogP contribution in [0.15, 0.2) is 6.20 Å². The highest BCUT2D eigenvalue weighted by molar-refractivity contribution is 5.69. The van der Waals surface area contributed by atoms with Crippen molar-refractivity contribution in [2.45, 2.75) is 32.7 Å². The van der Waals surface area contributed by atoms with E-state index in [0.29, 0.717) is 5.69 Å². The molecule has 5 nitrogen and oxygen atoms in total. The van der Waals surface area contributed by atoms with Crippen LogP contribution in [0.25, 0.3) is 0 Å². The fraction of sp³-hybridized carbons (Fsp3) is 0.625. The zero-order valence-electron chi connectivity index (χ0n) is 7.77. The molecule has 0 bridgehead atoms. The van der Waals surface area contributed by atoms with Crippen molar-refractivity contribution >= 4 is 5.97 Å². The first-order valence-corrected chi connectivity index (χ1v) is 4.26. The first kappa shape index (κ1) is 9.70. The second-order valence-corrected chi connectivity index (χ2v) is 3.02. The lowest BCUT2D eigenvalue weighted by Gasteiger charge is -2.05. The van der Waals surface area contributed by atoms with Crippen LogP contribution in [0.1, 0.15) is 32.0 Å². The number of carbonyl (C=O) groups is 1. The van der Waals surface area contributed by atoms with E-state index in [9.17, 15) is 4.79 Å². The number of nitrogens with zero attached hydrogens (tertiary/aromatic N) is 3. The Morgan fingerprint density at radius 3 is 3.00 bits per heavy atom. The third kappa shape index (κ3) is 2.54. The van der Waals surface area contributed by atoms with E-state index in [4.69, 9.17) is 5.11 Å². The van der Waals surface area contributed by atoms with Crippen molar-refractivity contribution in [3.63, 3.8) is 0 Å². The second kappa shape index (κ2) is 4.02. The minimum Gasteiger partial charge on any atom is -0.481 e. The molecule has 1 aromatic heterocycles. The molecule has 5 heteroatoms. The maximum Gasteiger partial charge on any atom is 0.309 e. The summed E-state index contributed by atoms with van der Waals surface area (Å²) < 4.78 is 1.69. The predicted molar refractivity (Wildman–Crippen MR) is 46.4 cm³/mol. The molecule has 0 aliphatic carbocycles. The number of carboxylic acids is 1. The summed E-state index contributed by atoms with van der Waals surface area (Å²) in [5.41, 5.74) is 0.507. The fourth-order valence-corrected chi connectivity index (χ4v) is 0.952. The van der Waals surface area contributed by atoms with Gasteiger partial charge in [-0.15, -0.1) is 5.10 Å². The number of hydrogen-bond donors (Lipinski definition) is 1. The number of aliphatic carboxylic acids is 1. The minimum absolute atomic E-state index is 0.0591. The Morgan fingerprint density at radius 1 is 1.77 bits per heavy atom. The van der Waals surface area contributed by atoms with Crippen LogP contribution in [-0.2, 0) is 11.2 Å². The van der Waals surface area contributed by atoms with Crippen LogP contribution in [0.3, 0.4) is 0 Å². The molecule has 0 radical (unpaired) electrons. The zero-order valence-corrected chi connectivity index (χ0v) is 7.77. The molecule has 1 N–H and O–H groups in total. The van der Waals surface area contributed by atoms with Crippen LogP contribution in [0.2, 0.25) is 0 Å². The van der Waals surface area contributed by atoms with E-state index in [1.54, 1.807) is 10.9 Å². The Balaban J connectivity index is 2.68. The number of rotatable bonds is 4. The molecule has 0 saturated heterocycles. The van der Waals surface area contributed by atoms with Crippen molar-refractivity contribution < 1.29 is 9.90 Å². The third-order valence-corrected chi connectivity index (χ3v) is 1.93. The lowest BCUT2D eigenvalue weighted by molar-refractivity contribution is -0.136. The minimum atomic E-state index is -0.879. The normalized spacial score (nSPS) is 12.8. The maximum absolute atomic E-state index is 10.3. The van der Waals surface area contributed by atoms with E-state index in [1.807, 2.05) is 13.8 Å². The van der Waals surface area contributed by atoms with E-state index >= 15 is 0 Å². The Kier molecular flexibility index (Phi) is 3.00. The summed E-state index contributed by atoms with van der Waals surface area (Å²) in [4.78, 5) is 10.3. The Labute approximate surface area is 76.4 Å². The average molecular weight is 183 g/mol. The molecule has 1 unspecified atom stereocenters. The van der Waals surface area contributed by atoms with Gasteiger partial charge in [-0.2, -0.15) is 0 Å². The van der Waals surface area contributed by atoms with Gasteiger partial charge in [0.15, 0.2) is 0 Å². The smallest absolute Gasteiger partial charge is 0.309 e. The molecular formula is C8H13N3O2. The van der Waals surface area contributed by atoms with Crippen molar-refractivity contribution in [2.24, 2.45) is 0 Å². The van der Waals surface area contributed by atoms with E-state index in [-0.39, 0.29) is 12.5 Å². The van der Waals surface area contributed by atoms with E-state index in [2.05, 4.69) is 10.3 Å². The van der Waals surface area contributed by atoms with Crippen molar-refractivity contribution in [2.75, 3.05) is 0 Å². The summed E-state index contributed by atoms with van der Waals surface area (Å²) in [7, 11) is 0. The highest BCUT2D eigenvalue weighted by atomic mass is 16.4. The molecule has 1 aromatic rings. The first-order valence-electron chi connectivity index (χ1n) is 4.26. The Hall–Kier alpha value is -1.39. The molecule has 1 heterocycles. The van der Waals surface area contributed by atoms with Crippen LogP contribution < -0.4 is 0 Å². The van der Waals surface area contributed by atoms with E-state index in [0.717, 1.165) is 6.42 Å². The number of hydrogen-bond acceptors (Lipinski definition) is 3. The first-order chi connectivity index (χ1) is 6.13. The van der Waals surface area contributed by atoms with Gasteiger partial charge in [-0.25, -0.2) is 4.68 Å². The van der Waals surface area contributed by atoms with Crippen molar-refractivity contribution in [3.8, 4) is 0 Å². The largest absolute Gasteiger partial charge is 0.481 e. The lowest BCUT2D eigenvalue weighted by Crippen LogP contribution is -2.04. The summed E-state index contributed by atoms with van der Waals surface area (Å²) >= 11 is 0. The van der Waals surface area contributed by atoms with Crippen LogP contribution in [0, 0.1) is 0 Å². The van der Waals surface area contributed by atoms with E-state index < -0.39 is 5.97 Å². The summed E-state index contributed by atoms with van der Waals surface area (Å²) in [6, 6.07) is 0.273. The summed E-state index contributed by atoms with van der Waals surface area (Å²) in [5, 5.41) is 16.1. The number of aromatic nitrogens is 3. The van der Waals surface area contributed by atoms with Gasteiger partial charge in [0.1, 0.15) is 0 Å². The third-order valence-electron chi connectivity index (χ3n) is 1.93. The Morgan fingerprint density at radius 2 is 2.46 bits per heavy atom. The summed E-state index contributed by atoms with van der Waals surface area (Å²) in [6.07, 6.45) is 2.58. The van der Waals surface area contributed by atoms with Gasteiger partial charge in [-0.1, -0.05) is 12.1 Å². The SMILES string of the molecule is CCC(C)n1cc(CC(=O)O)nn1. The zero-order chi connectivity index (χ0) is 9.84. The van der Waals surface area contributed by atoms with Crippen LogP contribution in [-0.4, -0.2) is 26.1 Å². The summed E-state index contributed by atoms with van der Waals surface area (Å²) in [6.45, 7) is 4.06. The Bertz CT molecular complexity index is 295. The highest BCUT2D eigenvalue weighted by Crippen LogP contribution is 2.08. The molecule has 0 aliphatic heterocycles. The van der Waals surface area contributed by atoms with Gasteiger partial charge in [0, 0.05) is 6.20 Å². The van der Waals surface area contributed by atoms with Gasteiger partial charge in [0.05, 0.1) is 18.2 Å². The molecule has 1 atom stereocenters. The molecule has 0 amide bonds. The maximum atomic E-state index is 10.3. The van der Waals surface area contributed by atoms with Gasteiger partial charge in [-0.3, -0.25) is 4.79 Å². The predicted octanol–water partition coefficient (Wildman–Crippen LogP) is 0.876. The topological polar surface area (TPSA) is 68.0 Å². The number of carboxylic acid groups (broad SMARTS) is 1. The van der Waals surface area contributed by atoms with E-state index in [1.165, 1.54) is 0 Å². The molecule has 13 heavy (non-hydrogen) atoms. The van der Waals surface area contributed by atoms with Gasteiger partial charge in [-0.05, 0) is 13.3 Å². The van der Waals surface area contributed by atoms with Gasteiger partial charge < -0.3 is 5.11 Å². The molecule has 0 fully saturated rings. The van der Waals surface area contributed by atoms with Crippen LogP contribution >= 0.6 is 0 Å². The molecule has 0 saturated carbocycles. The lowest BCUT2D eigenvalue weighted by atomic mass is 10.2. The van der Waals surface area contributed by atoms with Crippen molar-refractivity contribution in [1.29, 1.82) is 0 Å². The molecule has 1 rings (SSSR count). The molecule has 0 spiro atoms. The summed E-state index contributed by atoms with van der Waals surface area (Å²) in [5.74, 6) is -0.879. The fourth-order valence-electron chi connectivity index (χ4n) is 0.952. The second-order valence-electron chi connectivity index (χ2n) is 3.02. The van der Waals surface area contributed by atoms with Crippen LogP contribution in [0.4, 0.5) is 0 Å². The monoisotopic (exact) mass is 183 g/mol. The van der Waals surface area contributed by atoms with Gasteiger partial charge in [0.25, 0.3) is 0 Å². The average Bonchev–Trinajstić information content (AvgIpc) is 2.50. The highest BCUT2D eigenvalue weighted by Gasteiger charge is 2.08. The molecular weight excluding hydrogens is 170 g/mol. The molecule has 72 valence electrons. The quantitative estimate of drug-likeness (QED) is 0.752. The van der Waals surface area contributed by atoms with Crippen molar-refractivity contribution in [1.82, 2.24) is 15.0 Å².